The molecule has 2 aromatic carbocycles. The molecule has 2 aromatic rings. The van der Waals surface area contributed by atoms with Crippen molar-refractivity contribution < 1.29 is 4.79 Å². The average Bonchev–Trinajstić information content (AvgIpc) is 3.61. The molecule has 1 aliphatic heterocycles. The molecule has 0 radical (unpaired) electrons. The first-order chi connectivity index (χ1) is 14.7. The zero-order chi connectivity index (χ0) is 20.8. The maximum Gasteiger partial charge on any atom is 0.242 e. The molecule has 6 nitrogen and oxygen atoms in total. The second kappa shape index (κ2) is 9.20. The van der Waals surface area contributed by atoms with Crippen LogP contribution in [0.15, 0.2) is 65.7 Å². The Bertz CT molecular complexity index is 856. The van der Waals surface area contributed by atoms with Crippen LogP contribution in [0.3, 0.4) is 0 Å². The van der Waals surface area contributed by atoms with Crippen LogP contribution in [0.2, 0.25) is 0 Å². The molecule has 0 spiro atoms. The van der Waals surface area contributed by atoms with E-state index in [9.17, 15) is 4.79 Å². The summed E-state index contributed by atoms with van der Waals surface area (Å²) in [4.78, 5) is 21.2. The standard InChI is InChI=1S/C24H31N5O/c1-25-23(27-19-24(12-13-24)20-8-4-2-5-9-20)26-18-22(30)29-16-14-28(15-17-29)21-10-6-3-7-11-21/h2-11H,12-19H2,1H3,(H2,25,26,27). The number of piperazine rings is 1. The van der Waals surface area contributed by atoms with E-state index in [1.165, 1.54) is 24.1 Å². The van der Waals surface area contributed by atoms with Gasteiger partial charge < -0.3 is 20.4 Å². The van der Waals surface area contributed by atoms with Gasteiger partial charge in [-0.1, -0.05) is 48.5 Å². The van der Waals surface area contributed by atoms with Gasteiger partial charge in [0.1, 0.15) is 0 Å². The van der Waals surface area contributed by atoms with Crippen LogP contribution in [-0.2, 0) is 10.2 Å². The molecule has 0 atom stereocenters. The molecule has 1 saturated heterocycles. The number of hydrogen-bond acceptors (Lipinski definition) is 3. The van der Waals surface area contributed by atoms with Crippen molar-refractivity contribution >= 4 is 17.6 Å². The normalized spacial score (nSPS) is 18.1. The highest BCUT2D eigenvalue weighted by Gasteiger charge is 2.44. The fourth-order valence-corrected chi connectivity index (χ4v) is 4.11. The first-order valence-corrected chi connectivity index (χ1v) is 10.8. The van der Waals surface area contributed by atoms with Crippen LogP contribution in [0.5, 0.6) is 0 Å². The Morgan fingerprint density at radius 1 is 0.933 bits per heavy atom. The predicted octanol–water partition coefficient (Wildman–Crippen LogP) is 2.23. The highest BCUT2D eigenvalue weighted by Crippen LogP contribution is 2.47. The van der Waals surface area contributed by atoms with E-state index in [4.69, 9.17) is 0 Å². The van der Waals surface area contributed by atoms with Gasteiger partial charge in [-0.3, -0.25) is 9.79 Å². The fourth-order valence-electron chi connectivity index (χ4n) is 4.11. The maximum atomic E-state index is 12.7. The van der Waals surface area contributed by atoms with Crippen LogP contribution in [0, 0.1) is 0 Å². The van der Waals surface area contributed by atoms with E-state index in [1.54, 1.807) is 7.05 Å². The van der Waals surface area contributed by atoms with Gasteiger partial charge in [0.15, 0.2) is 5.96 Å². The van der Waals surface area contributed by atoms with E-state index in [-0.39, 0.29) is 17.9 Å². The quantitative estimate of drug-likeness (QED) is 0.572. The van der Waals surface area contributed by atoms with Crippen LogP contribution in [0.4, 0.5) is 5.69 Å². The van der Waals surface area contributed by atoms with Crippen LogP contribution in [0.25, 0.3) is 0 Å². The topological polar surface area (TPSA) is 60.0 Å². The first kappa shape index (κ1) is 20.3. The van der Waals surface area contributed by atoms with E-state index in [1.807, 2.05) is 11.0 Å². The van der Waals surface area contributed by atoms with Gasteiger partial charge in [-0.2, -0.15) is 0 Å². The highest BCUT2D eigenvalue weighted by molar-refractivity contribution is 5.86. The van der Waals surface area contributed by atoms with E-state index in [2.05, 4.69) is 75.1 Å². The number of carbonyl (C=O) groups is 1. The Morgan fingerprint density at radius 3 is 2.17 bits per heavy atom. The van der Waals surface area contributed by atoms with Crippen LogP contribution in [0.1, 0.15) is 18.4 Å². The monoisotopic (exact) mass is 405 g/mol. The number of para-hydroxylation sites is 1. The highest BCUT2D eigenvalue weighted by atomic mass is 16.2. The minimum absolute atomic E-state index is 0.120. The molecule has 0 aromatic heterocycles. The lowest BCUT2D eigenvalue weighted by molar-refractivity contribution is -0.130. The van der Waals surface area contributed by atoms with E-state index in [0.717, 1.165) is 32.7 Å². The smallest absolute Gasteiger partial charge is 0.242 e. The van der Waals surface area contributed by atoms with Crippen molar-refractivity contribution in [3.05, 3.63) is 66.2 Å². The van der Waals surface area contributed by atoms with Gasteiger partial charge in [-0.05, 0) is 30.5 Å². The fraction of sp³-hybridized carbons (Fsp3) is 0.417. The summed E-state index contributed by atoms with van der Waals surface area (Å²) in [6.45, 7) is 4.33. The Morgan fingerprint density at radius 2 is 1.57 bits per heavy atom. The van der Waals surface area contributed by atoms with Crippen molar-refractivity contribution in [3.8, 4) is 0 Å². The summed E-state index contributed by atoms with van der Waals surface area (Å²) < 4.78 is 0. The average molecular weight is 406 g/mol. The summed E-state index contributed by atoms with van der Waals surface area (Å²) in [7, 11) is 1.75. The Labute approximate surface area is 179 Å². The second-order valence-electron chi connectivity index (χ2n) is 8.13. The molecule has 158 valence electrons. The van der Waals surface area contributed by atoms with Gasteiger partial charge in [0, 0.05) is 50.9 Å². The Hall–Kier alpha value is -3.02. The van der Waals surface area contributed by atoms with Crippen LogP contribution < -0.4 is 15.5 Å². The van der Waals surface area contributed by atoms with Gasteiger partial charge >= 0.3 is 0 Å². The number of rotatable bonds is 6. The van der Waals surface area contributed by atoms with Crippen molar-refractivity contribution in [2.45, 2.75) is 18.3 Å². The summed E-state index contributed by atoms with van der Waals surface area (Å²) in [5.41, 5.74) is 2.80. The third kappa shape index (κ3) is 4.75. The van der Waals surface area contributed by atoms with Gasteiger partial charge in [0.05, 0.1) is 6.54 Å². The third-order valence-corrected chi connectivity index (χ3v) is 6.22. The van der Waals surface area contributed by atoms with Gasteiger partial charge in [-0.25, -0.2) is 0 Å². The molecule has 30 heavy (non-hydrogen) atoms. The number of amides is 1. The SMILES string of the molecule is CN=C(NCC(=O)N1CCN(c2ccccc2)CC1)NCC1(c2ccccc2)CC1. The molecule has 0 bridgehead atoms. The van der Waals surface area contributed by atoms with Crippen LogP contribution >= 0.6 is 0 Å². The number of hydrogen-bond donors (Lipinski definition) is 2. The van der Waals surface area contributed by atoms with Crippen molar-refractivity contribution in [1.82, 2.24) is 15.5 Å². The second-order valence-corrected chi connectivity index (χ2v) is 8.13. The van der Waals surface area contributed by atoms with Crippen molar-refractivity contribution in [2.75, 3.05) is 51.2 Å². The molecule has 1 aliphatic carbocycles. The minimum Gasteiger partial charge on any atom is -0.368 e. The summed E-state index contributed by atoms with van der Waals surface area (Å²) >= 11 is 0. The number of carbonyl (C=O) groups excluding carboxylic acids is 1. The van der Waals surface area contributed by atoms with E-state index in [0.29, 0.717) is 5.96 Å². The summed E-state index contributed by atoms with van der Waals surface area (Å²) in [5, 5.41) is 6.61. The van der Waals surface area contributed by atoms with Gasteiger partial charge in [0.2, 0.25) is 5.91 Å². The summed E-state index contributed by atoms with van der Waals surface area (Å²) in [5.74, 6) is 0.809. The minimum atomic E-state index is 0.120. The summed E-state index contributed by atoms with van der Waals surface area (Å²) in [6.07, 6.45) is 2.37. The number of anilines is 1. The molecular formula is C24H31N5O. The summed E-state index contributed by atoms with van der Waals surface area (Å²) in [6, 6.07) is 21.0. The number of guanidine groups is 1. The molecule has 1 amide bonds. The zero-order valence-electron chi connectivity index (χ0n) is 17.7. The molecule has 2 N–H and O–H groups in total. The number of aliphatic imine (C=N–C) groups is 1. The number of benzene rings is 2. The molecule has 0 unspecified atom stereocenters. The zero-order valence-corrected chi connectivity index (χ0v) is 17.7. The maximum absolute atomic E-state index is 12.7. The lowest BCUT2D eigenvalue weighted by atomic mass is 9.96. The van der Waals surface area contributed by atoms with Gasteiger partial charge in [0.25, 0.3) is 0 Å². The van der Waals surface area contributed by atoms with Crippen molar-refractivity contribution in [3.63, 3.8) is 0 Å². The molecule has 6 heteroatoms. The molecule has 4 rings (SSSR count). The Balaban J connectivity index is 1.22. The van der Waals surface area contributed by atoms with E-state index < -0.39 is 0 Å². The number of nitrogens with one attached hydrogen (secondary N) is 2. The van der Waals surface area contributed by atoms with Crippen LogP contribution in [-0.4, -0.2) is 63.1 Å². The first-order valence-electron chi connectivity index (χ1n) is 10.8. The Kier molecular flexibility index (Phi) is 6.21. The molecular weight excluding hydrogens is 374 g/mol. The van der Waals surface area contributed by atoms with Crippen molar-refractivity contribution in [2.24, 2.45) is 4.99 Å². The lowest BCUT2D eigenvalue weighted by Gasteiger charge is -2.36. The largest absolute Gasteiger partial charge is 0.368 e. The molecule has 1 heterocycles. The molecule has 1 saturated carbocycles. The lowest BCUT2D eigenvalue weighted by Crippen LogP contribution is -2.52. The van der Waals surface area contributed by atoms with E-state index >= 15 is 0 Å². The molecule has 2 aliphatic rings. The predicted molar refractivity (Wildman–Crippen MR) is 122 cm³/mol. The third-order valence-electron chi connectivity index (χ3n) is 6.22. The molecule has 2 fully saturated rings. The number of nitrogens with zero attached hydrogens (tertiary/aromatic N) is 3. The van der Waals surface area contributed by atoms with Gasteiger partial charge in [-0.15, -0.1) is 0 Å². The van der Waals surface area contributed by atoms with Crippen molar-refractivity contribution in [1.29, 1.82) is 0 Å².